The highest BCUT2D eigenvalue weighted by Gasteiger charge is 2.22. The molecular formula is C13H20N4OS. The van der Waals surface area contributed by atoms with Crippen molar-refractivity contribution in [2.45, 2.75) is 31.8 Å². The maximum Gasteiger partial charge on any atom is 0.241 e. The van der Waals surface area contributed by atoms with Crippen molar-refractivity contribution in [2.75, 3.05) is 31.6 Å². The lowest BCUT2D eigenvalue weighted by Gasteiger charge is -2.18. The van der Waals surface area contributed by atoms with Gasteiger partial charge in [-0.05, 0) is 19.3 Å². The van der Waals surface area contributed by atoms with Crippen LogP contribution in [-0.2, 0) is 11.3 Å². The van der Waals surface area contributed by atoms with Crippen LogP contribution in [0.1, 0.15) is 24.1 Å². The fourth-order valence-corrected chi connectivity index (χ4v) is 3.09. The number of nitrogens with zero attached hydrogens (tertiary/aromatic N) is 3. The van der Waals surface area contributed by atoms with Gasteiger partial charge >= 0.3 is 0 Å². The van der Waals surface area contributed by atoms with Crippen LogP contribution in [0.15, 0.2) is 6.20 Å². The van der Waals surface area contributed by atoms with Gasteiger partial charge in [0.15, 0.2) is 5.13 Å². The van der Waals surface area contributed by atoms with Gasteiger partial charge in [-0.15, -0.1) is 11.3 Å². The van der Waals surface area contributed by atoms with Crippen LogP contribution < -0.4 is 10.2 Å². The van der Waals surface area contributed by atoms with E-state index in [0.717, 1.165) is 37.2 Å². The summed E-state index contributed by atoms with van der Waals surface area (Å²) in [5.41, 5.74) is 0. The van der Waals surface area contributed by atoms with Gasteiger partial charge in [0.1, 0.15) is 0 Å². The topological polar surface area (TPSA) is 48.5 Å². The van der Waals surface area contributed by atoms with Crippen molar-refractivity contribution < 1.29 is 4.79 Å². The van der Waals surface area contributed by atoms with E-state index in [1.165, 1.54) is 17.7 Å². The third-order valence-electron chi connectivity index (χ3n) is 3.63. The fraction of sp³-hybridized carbons (Fsp3) is 0.692. The van der Waals surface area contributed by atoms with Crippen LogP contribution in [0.4, 0.5) is 5.13 Å². The molecule has 1 amide bonds. The van der Waals surface area contributed by atoms with Crippen molar-refractivity contribution in [3.8, 4) is 0 Å². The number of nitrogens with one attached hydrogen (secondary N) is 1. The zero-order chi connectivity index (χ0) is 13.2. The first-order chi connectivity index (χ1) is 9.22. The molecule has 0 radical (unpaired) electrons. The standard InChI is InChI=1S/C13H20N4OS/c1-16-5-2-6-17(9-12(16)18)13-15-8-11(19-13)7-14-10-3-4-10/h8,10,14H,2-7,9H2,1H3. The maximum atomic E-state index is 11.9. The van der Waals surface area contributed by atoms with Gasteiger partial charge in [-0.25, -0.2) is 4.98 Å². The van der Waals surface area contributed by atoms with Gasteiger partial charge in [0, 0.05) is 43.8 Å². The second-order valence-electron chi connectivity index (χ2n) is 5.35. The minimum Gasteiger partial charge on any atom is -0.344 e. The average molecular weight is 280 g/mol. The highest BCUT2D eigenvalue weighted by molar-refractivity contribution is 7.15. The molecule has 0 unspecified atom stereocenters. The highest BCUT2D eigenvalue weighted by atomic mass is 32.1. The van der Waals surface area contributed by atoms with Crippen molar-refractivity contribution in [3.63, 3.8) is 0 Å². The predicted octanol–water partition coefficient (Wildman–Crippen LogP) is 1.06. The Morgan fingerprint density at radius 3 is 3.11 bits per heavy atom. The number of hydrogen-bond acceptors (Lipinski definition) is 5. The first-order valence-electron chi connectivity index (χ1n) is 6.89. The monoisotopic (exact) mass is 280 g/mol. The lowest BCUT2D eigenvalue weighted by Crippen LogP contribution is -2.34. The van der Waals surface area contributed by atoms with Gasteiger partial charge in [0.2, 0.25) is 5.91 Å². The molecule has 0 spiro atoms. The van der Waals surface area contributed by atoms with E-state index in [2.05, 4.69) is 15.2 Å². The Bertz CT molecular complexity index is 457. The fourth-order valence-electron chi connectivity index (χ4n) is 2.21. The van der Waals surface area contributed by atoms with Crippen molar-refractivity contribution >= 4 is 22.4 Å². The molecule has 3 rings (SSSR count). The second kappa shape index (κ2) is 5.46. The van der Waals surface area contributed by atoms with E-state index >= 15 is 0 Å². The third-order valence-corrected chi connectivity index (χ3v) is 4.69. The van der Waals surface area contributed by atoms with Gasteiger partial charge in [0.25, 0.3) is 0 Å². The molecule has 1 saturated carbocycles. The van der Waals surface area contributed by atoms with Gasteiger partial charge in [-0.3, -0.25) is 4.79 Å². The SMILES string of the molecule is CN1CCCN(c2ncc(CNC3CC3)s2)CC1=O. The molecule has 104 valence electrons. The second-order valence-corrected chi connectivity index (χ2v) is 6.45. The van der Waals surface area contributed by atoms with Crippen LogP contribution in [-0.4, -0.2) is 48.5 Å². The van der Waals surface area contributed by atoms with Gasteiger partial charge in [0.05, 0.1) is 6.54 Å². The first kappa shape index (κ1) is 12.9. The van der Waals surface area contributed by atoms with Crippen LogP contribution in [0, 0.1) is 0 Å². The molecule has 0 bridgehead atoms. The minimum atomic E-state index is 0.186. The summed E-state index contributed by atoms with van der Waals surface area (Å²) in [6, 6.07) is 0.721. The molecule has 5 nitrogen and oxygen atoms in total. The third kappa shape index (κ3) is 3.25. The van der Waals surface area contributed by atoms with E-state index in [4.69, 9.17) is 0 Å². The van der Waals surface area contributed by atoms with Crippen LogP contribution in [0.2, 0.25) is 0 Å². The smallest absolute Gasteiger partial charge is 0.241 e. The number of aromatic nitrogens is 1. The Morgan fingerprint density at radius 2 is 2.32 bits per heavy atom. The molecule has 2 heterocycles. The van der Waals surface area contributed by atoms with Crippen molar-refractivity contribution in [1.82, 2.24) is 15.2 Å². The number of rotatable bonds is 4. The number of anilines is 1. The largest absolute Gasteiger partial charge is 0.344 e. The number of carbonyl (C=O) groups is 1. The summed E-state index contributed by atoms with van der Waals surface area (Å²) in [4.78, 5) is 21.5. The molecular weight excluding hydrogens is 260 g/mol. The van der Waals surface area contributed by atoms with E-state index in [0.29, 0.717) is 6.54 Å². The Labute approximate surface area is 117 Å². The molecule has 0 aromatic carbocycles. The number of likely N-dealkylation sites (N-methyl/N-ethyl adjacent to an activating group) is 1. The molecule has 19 heavy (non-hydrogen) atoms. The lowest BCUT2D eigenvalue weighted by molar-refractivity contribution is -0.127. The molecule has 2 fully saturated rings. The first-order valence-corrected chi connectivity index (χ1v) is 7.71. The van der Waals surface area contributed by atoms with Crippen LogP contribution >= 0.6 is 11.3 Å². The van der Waals surface area contributed by atoms with Crippen molar-refractivity contribution in [1.29, 1.82) is 0 Å². The number of amides is 1. The van der Waals surface area contributed by atoms with Gasteiger partial charge in [-0.1, -0.05) is 0 Å². The Kier molecular flexibility index (Phi) is 3.70. The summed E-state index contributed by atoms with van der Waals surface area (Å²) in [6.45, 7) is 3.12. The molecule has 1 aliphatic heterocycles. The summed E-state index contributed by atoms with van der Waals surface area (Å²) >= 11 is 1.70. The molecule has 1 aromatic rings. The molecule has 1 N–H and O–H groups in total. The van der Waals surface area contributed by atoms with Gasteiger partial charge < -0.3 is 15.1 Å². The summed E-state index contributed by atoms with van der Waals surface area (Å²) < 4.78 is 0. The van der Waals surface area contributed by atoms with Crippen LogP contribution in [0.3, 0.4) is 0 Å². The summed E-state index contributed by atoms with van der Waals surface area (Å²) in [5, 5.41) is 4.48. The normalized spacial score (nSPS) is 20.8. The highest BCUT2D eigenvalue weighted by Crippen LogP contribution is 2.25. The van der Waals surface area contributed by atoms with Crippen molar-refractivity contribution in [2.24, 2.45) is 0 Å². The maximum absolute atomic E-state index is 11.9. The van der Waals surface area contributed by atoms with Crippen LogP contribution in [0.5, 0.6) is 0 Å². The zero-order valence-corrected chi connectivity index (χ0v) is 12.1. The summed E-state index contributed by atoms with van der Waals surface area (Å²) in [7, 11) is 1.87. The van der Waals surface area contributed by atoms with E-state index < -0.39 is 0 Å². The molecule has 1 aliphatic carbocycles. The zero-order valence-electron chi connectivity index (χ0n) is 11.3. The predicted molar refractivity (Wildman–Crippen MR) is 76.4 cm³/mol. The summed E-state index contributed by atoms with van der Waals surface area (Å²) in [5.74, 6) is 0.186. The Morgan fingerprint density at radius 1 is 1.47 bits per heavy atom. The molecule has 2 aliphatic rings. The molecule has 6 heteroatoms. The quantitative estimate of drug-likeness (QED) is 0.896. The Balaban J connectivity index is 1.62. The molecule has 0 atom stereocenters. The molecule has 1 saturated heterocycles. The van der Waals surface area contributed by atoms with E-state index in [-0.39, 0.29) is 5.91 Å². The van der Waals surface area contributed by atoms with Crippen LogP contribution in [0.25, 0.3) is 0 Å². The number of hydrogen-bond donors (Lipinski definition) is 1. The summed E-state index contributed by atoms with van der Waals surface area (Å²) in [6.07, 6.45) is 5.56. The minimum absolute atomic E-state index is 0.186. The van der Waals surface area contributed by atoms with E-state index in [1.54, 1.807) is 11.3 Å². The van der Waals surface area contributed by atoms with E-state index in [9.17, 15) is 4.79 Å². The lowest BCUT2D eigenvalue weighted by atomic mass is 10.4. The molecule has 1 aromatic heterocycles. The van der Waals surface area contributed by atoms with E-state index in [1.807, 2.05) is 18.1 Å². The number of carbonyl (C=O) groups excluding carboxylic acids is 1. The average Bonchev–Trinajstić information content (AvgIpc) is 3.14. The Hall–Kier alpha value is -1.14. The van der Waals surface area contributed by atoms with Crippen molar-refractivity contribution in [3.05, 3.63) is 11.1 Å². The number of thiazole rings is 1. The van der Waals surface area contributed by atoms with Gasteiger partial charge in [-0.2, -0.15) is 0 Å².